The van der Waals surface area contributed by atoms with Gasteiger partial charge >= 0.3 is 6.01 Å². The SMILES string of the molecule is Cc1nnsc1C(=O)N1CCC(Oc2ncccn2)CC1. The quantitative estimate of drug-likeness (QED) is 0.850. The van der Waals surface area contributed by atoms with Crippen molar-refractivity contribution in [2.24, 2.45) is 0 Å². The molecule has 0 aliphatic carbocycles. The maximum atomic E-state index is 12.3. The summed E-state index contributed by atoms with van der Waals surface area (Å²) in [6.45, 7) is 3.13. The topological polar surface area (TPSA) is 81.1 Å². The van der Waals surface area contributed by atoms with E-state index in [4.69, 9.17) is 4.74 Å². The first-order valence-corrected chi connectivity index (χ1v) is 7.53. The zero-order valence-electron chi connectivity index (χ0n) is 11.6. The highest BCUT2D eigenvalue weighted by atomic mass is 32.1. The summed E-state index contributed by atoms with van der Waals surface area (Å²) in [6, 6.07) is 2.14. The Hall–Kier alpha value is -2.09. The van der Waals surface area contributed by atoms with Gasteiger partial charge in [-0.15, -0.1) is 5.10 Å². The van der Waals surface area contributed by atoms with Crippen molar-refractivity contribution in [3.8, 4) is 6.01 Å². The van der Waals surface area contributed by atoms with E-state index >= 15 is 0 Å². The van der Waals surface area contributed by atoms with Crippen LogP contribution in [0, 0.1) is 6.92 Å². The van der Waals surface area contributed by atoms with Gasteiger partial charge in [-0.1, -0.05) is 4.49 Å². The molecule has 0 radical (unpaired) electrons. The van der Waals surface area contributed by atoms with E-state index in [1.54, 1.807) is 25.4 Å². The van der Waals surface area contributed by atoms with Crippen molar-refractivity contribution in [1.29, 1.82) is 0 Å². The van der Waals surface area contributed by atoms with Gasteiger partial charge in [0.1, 0.15) is 11.0 Å². The van der Waals surface area contributed by atoms with Gasteiger partial charge in [-0.2, -0.15) is 0 Å². The Labute approximate surface area is 126 Å². The van der Waals surface area contributed by atoms with E-state index in [-0.39, 0.29) is 12.0 Å². The van der Waals surface area contributed by atoms with Crippen LogP contribution in [0.1, 0.15) is 28.2 Å². The molecular weight excluding hydrogens is 290 g/mol. The van der Waals surface area contributed by atoms with Gasteiger partial charge < -0.3 is 9.64 Å². The van der Waals surface area contributed by atoms with E-state index in [2.05, 4.69) is 19.6 Å². The van der Waals surface area contributed by atoms with E-state index in [0.717, 1.165) is 24.4 Å². The molecule has 110 valence electrons. The van der Waals surface area contributed by atoms with Crippen LogP contribution in [0.25, 0.3) is 0 Å². The maximum absolute atomic E-state index is 12.3. The highest BCUT2D eigenvalue weighted by molar-refractivity contribution is 7.07. The van der Waals surface area contributed by atoms with Crippen molar-refractivity contribution in [2.75, 3.05) is 13.1 Å². The summed E-state index contributed by atoms with van der Waals surface area (Å²) in [6.07, 6.45) is 4.91. The number of rotatable bonds is 3. The van der Waals surface area contributed by atoms with Gasteiger partial charge in [-0.05, 0) is 24.5 Å². The Balaban J connectivity index is 1.56. The fourth-order valence-electron chi connectivity index (χ4n) is 2.24. The first-order chi connectivity index (χ1) is 10.2. The van der Waals surface area contributed by atoms with Crippen molar-refractivity contribution >= 4 is 17.4 Å². The highest BCUT2D eigenvalue weighted by Crippen LogP contribution is 2.19. The average molecular weight is 305 g/mol. The maximum Gasteiger partial charge on any atom is 0.316 e. The van der Waals surface area contributed by atoms with E-state index in [1.165, 1.54) is 0 Å². The molecule has 1 saturated heterocycles. The zero-order valence-corrected chi connectivity index (χ0v) is 12.4. The third kappa shape index (κ3) is 3.15. The number of amides is 1. The molecule has 8 heteroatoms. The standard InChI is InChI=1S/C13H15N5O2S/c1-9-11(21-17-16-9)12(19)18-7-3-10(4-8-18)20-13-14-5-2-6-15-13/h2,5-6,10H,3-4,7-8H2,1H3. The Kier molecular flexibility index (Phi) is 4.05. The zero-order chi connectivity index (χ0) is 14.7. The fraction of sp³-hybridized carbons (Fsp3) is 0.462. The number of hydrogen-bond acceptors (Lipinski definition) is 7. The second-order valence-electron chi connectivity index (χ2n) is 4.83. The van der Waals surface area contributed by atoms with Crippen molar-refractivity contribution < 1.29 is 9.53 Å². The van der Waals surface area contributed by atoms with Crippen LogP contribution in [0.5, 0.6) is 6.01 Å². The van der Waals surface area contributed by atoms with Crippen LogP contribution in [-0.2, 0) is 0 Å². The first kappa shape index (κ1) is 13.9. The van der Waals surface area contributed by atoms with Crippen LogP contribution in [0.2, 0.25) is 0 Å². The van der Waals surface area contributed by atoms with Crippen molar-refractivity contribution in [3.63, 3.8) is 0 Å². The Morgan fingerprint density at radius 2 is 2.05 bits per heavy atom. The lowest BCUT2D eigenvalue weighted by molar-refractivity contribution is 0.0582. The summed E-state index contributed by atoms with van der Waals surface area (Å²) in [7, 11) is 0. The van der Waals surface area contributed by atoms with Gasteiger partial charge in [0.15, 0.2) is 0 Å². The molecule has 1 fully saturated rings. The van der Waals surface area contributed by atoms with E-state index in [9.17, 15) is 4.79 Å². The largest absolute Gasteiger partial charge is 0.460 e. The number of ether oxygens (including phenoxy) is 1. The molecule has 3 rings (SSSR count). The summed E-state index contributed by atoms with van der Waals surface area (Å²) >= 11 is 1.15. The summed E-state index contributed by atoms with van der Waals surface area (Å²) in [5.41, 5.74) is 0.695. The number of hydrogen-bond donors (Lipinski definition) is 0. The molecule has 1 aliphatic heterocycles. The number of nitrogens with zero attached hydrogens (tertiary/aromatic N) is 5. The molecule has 7 nitrogen and oxygen atoms in total. The lowest BCUT2D eigenvalue weighted by atomic mass is 10.1. The van der Waals surface area contributed by atoms with Crippen molar-refractivity contribution in [3.05, 3.63) is 29.0 Å². The van der Waals surface area contributed by atoms with Gasteiger partial charge in [0.25, 0.3) is 5.91 Å². The Morgan fingerprint density at radius 3 is 2.67 bits per heavy atom. The third-order valence-corrected chi connectivity index (χ3v) is 4.21. The molecule has 2 aromatic rings. The fourth-order valence-corrected chi connectivity index (χ4v) is 2.87. The molecule has 2 aromatic heterocycles. The minimum atomic E-state index is 0.0110. The number of likely N-dealkylation sites (tertiary alicyclic amines) is 1. The number of aromatic nitrogens is 4. The van der Waals surface area contributed by atoms with Crippen molar-refractivity contribution in [1.82, 2.24) is 24.5 Å². The molecular formula is C13H15N5O2S. The molecule has 0 spiro atoms. The second-order valence-corrected chi connectivity index (χ2v) is 5.58. The van der Waals surface area contributed by atoms with Gasteiger partial charge in [0.2, 0.25) is 0 Å². The number of piperidine rings is 1. The van der Waals surface area contributed by atoms with Crippen LogP contribution in [0.3, 0.4) is 0 Å². The predicted molar refractivity (Wildman–Crippen MR) is 76.2 cm³/mol. The summed E-state index contributed by atoms with van der Waals surface area (Å²) in [5, 5.41) is 3.88. The number of carbonyl (C=O) groups is 1. The average Bonchev–Trinajstić information content (AvgIpc) is 2.94. The monoisotopic (exact) mass is 305 g/mol. The van der Waals surface area contributed by atoms with Crippen LogP contribution in [-0.4, -0.2) is 49.6 Å². The molecule has 0 atom stereocenters. The summed E-state index contributed by atoms with van der Waals surface area (Å²) < 4.78 is 9.53. The summed E-state index contributed by atoms with van der Waals surface area (Å²) in [5.74, 6) is 0.0110. The van der Waals surface area contributed by atoms with Crippen LogP contribution in [0.15, 0.2) is 18.5 Å². The Morgan fingerprint density at radius 1 is 1.33 bits per heavy atom. The lowest BCUT2D eigenvalue weighted by Gasteiger charge is -2.31. The molecule has 21 heavy (non-hydrogen) atoms. The normalized spacial score (nSPS) is 16.0. The van der Waals surface area contributed by atoms with E-state index in [0.29, 0.717) is 29.7 Å². The van der Waals surface area contributed by atoms with Crippen LogP contribution < -0.4 is 4.74 Å². The van der Waals surface area contributed by atoms with Gasteiger partial charge in [-0.3, -0.25) is 4.79 Å². The highest BCUT2D eigenvalue weighted by Gasteiger charge is 2.27. The first-order valence-electron chi connectivity index (χ1n) is 6.76. The van der Waals surface area contributed by atoms with E-state index in [1.807, 2.05) is 4.90 Å². The molecule has 0 unspecified atom stereocenters. The smallest absolute Gasteiger partial charge is 0.316 e. The third-order valence-electron chi connectivity index (χ3n) is 3.39. The summed E-state index contributed by atoms with van der Waals surface area (Å²) in [4.78, 5) is 22.9. The van der Waals surface area contributed by atoms with Crippen molar-refractivity contribution in [2.45, 2.75) is 25.9 Å². The molecule has 1 aliphatic rings. The van der Waals surface area contributed by atoms with Gasteiger partial charge in [0, 0.05) is 38.3 Å². The predicted octanol–water partition coefficient (Wildman–Crippen LogP) is 1.32. The van der Waals surface area contributed by atoms with Crippen LogP contribution in [0.4, 0.5) is 0 Å². The molecule has 1 amide bonds. The van der Waals surface area contributed by atoms with E-state index < -0.39 is 0 Å². The molecule has 0 N–H and O–H groups in total. The molecule has 0 saturated carbocycles. The lowest BCUT2D eigenvalue weighted by Crippen LogP contribution is -2.41. The molecule has 0 aromatic carbocycles. The number of aryl methyl sites for hydroxylation is 1. The molecule has 0 bridgehead atoms. The minimum absolute atomic E-state index is 0.0110. The number of carbonyl (C=O) groups excluding carboxylic acids is 1. The molecule has 3 heterocycles. The van der Waals surface area contributed by atoms with Gasteiger partial charge in [-0.25, -0.2) is 9.97 Å². The second kappa shape index (κ2) is 6.13. The van der Waals surface area contributed by atoms with Crippen LogP contribution >= 0.6 is 11.5 Å². The van der Waals surface area contributed by atoms with Gasteiger partial charge in [0.05, 0.1) is 5.69 Å². The Bertz CT molecular complexity index is 610. The minimum Gasteiger partial charge on any atom is -0.460 e.